The number of carbonyl (C=O) groups is 1. The summed E-state index contributed by atoms with van der Waals surface area (Å²) in [6.07, 6.45) is 1.56. The van der Waals surface area contributed by atoms with Crippen LogP contribution in [-0.4, -0.2) is 11.1 Å². The summed E-state index contributed by atoms with van der Waals surface area (Å²) in [5.74, 6) is -1.05. The highest BCUT2D eigenvalue weighted by molar-refractivity contribution is 5.81. The van der Waals surface area contributed by atoms with Crippen molar-refractivity contribution in [2.24, 2.45) is 5.73 Å². The van der Waals surface area contributed by atoms with E-state index in [0.717, 1.165) is 5.39 Å². The smallest absolute Gasteiger partial charge is 0.325 e. The minimum Gasteiger partial charge on any atom is -0.480 e. The van der Waals surface area contributed by atoms with Crippen LogP contribution in [0.1, 0.15) is 11.6 Å². The lowest BCUT2D eigenvalue weighted by molar-refractivity contribution is -0.138. The van der Waals surface area contributed by atoms with Crippen LogP contribution in [-0.2, 0) is 4.79 Å². The lowest BCUT2D eigenvalue weighted by Crippen LogP contribution is -2.20. The van der Waals surface area contributed by atoms with Crippen molar-refractivity contribution in [3.05, 3.63) is 36.1 Å². The summed E-state index contributed by atoms with van der Waals surface area (Å²) in [5, 5.41) is 9.64. The zero-order chi connectivity index (χ0) is 10.1. The maximum absolute atomic E-state index is 10.6. The first-order chi connectivity index (χ1) is 6.68. The molecule has 2 aromatic rings. The molecule has 0 aliphatic carbocycles. The van der Waals surface area contributed by atoms with Crippen LogP contribution in [0, 0.1) is 0 Å². The quantitative estimate of drug-likeness (QED) is 0.754. The van der Waals surface area contributed by atoms with Crippen molar-refractivity contribution in [1.29, 1.82) is 0 Å². The normalized spacial score (nSPS) is 12.9. The molecule has 0 saturated heterocycles. The Balaban J connectivity index is 2.48. The van der Waals surface area contributed by atoms with E-state index in [-0.39, 0.29) is 0 Å². The van der Waals surface area contributed by atoms with Crippen molar-refractivity contribution in [1.82, 2.24) is 0 Å². The molecule has 2 rings (SSSR count). The maximum atomic E-state index is 10.6. The van der Waals surface area contributed by atoms with E-state index in [1.54, 1.807) is 24.5 Å². The van der Waals surface area contributed by atoms with Crippen molar-refractivity contribution in [2.75, 3.05) is 0 Å². The standard InChI is InChI=1S/C10H9NO3/c11-9(10(12)13)7-2-1-6-3-4-14-8(6)5-7/h1-5,9H,11H2,(H,12,13). The van der Waals surface area contributed by atoms with E-state index in [0.29, 0.717) is 11.1 Å². The van der Waals surface area contributed by atoms with Gasteiger partial charge in [-0.1, -0.05) is 12.1 Å². The molecule has 0 bridgehead atoms. The fourth-order valence-corrected chi connectivity index (χ4v) is 1.31. The summed E-state index contributed by atoms with van der Waals surface area (Å²) in [5.41, 5.74) is 6.65. The number of carboxylic acids is 1. The predicted molar refractivity (Wildman–Crippen MR) is 50.8 cm³/mol. The Bertz CT molecular complexity index is 475. The Morgan fingerprint density at radius 3 is 2.93 bits per heavy atom. The predicted octanol–water partition coefficient (Wildman–Crippen LogP) is 1.52. The van der Waals surface area contributed by atoms with E-state index < -0.39 is 12.0 Å². The molecule has 14 heavy (non-hydrogen) atoms. The number of hydrogen-bond acceptors (Lipinski definition) is 3. The molecule has 0 radical (unpaired) electrons. The van der Waals surface area contributed by atoms with Crippen molar-refractivity contribution in [3.8, 4) is 0 Å². The van der Waals surface area contributed by atoms with Gasteiger partial charge in [-0.25, -0.2) is 0 Å². The Hall–Kier alpha value is -1.81. The fourth-order valence-electron chi connectivity index (χ4n) is 1.31. The SMILES string of the molecule is NC(C(=O)O)c1ccc2ccoc2c1. The molecule has 4 nitrogen and oxygen atoms in total. The third kappa shape index (κ3) is 1.36. The van der Waals surface area contributed by atoms with E-state index >= 15 is 0 Å². The number of furan rings is 1. The molecule has 1 atom stereocenters. The minimum atomic E-state index is -1.05. The zero-order valence-corrected chi connectivity index (χ0v) is 7.31. The Morgan fingerprint density at radius 1 is 1.43 bits per heavy atom. The van der Waals surface area contributed by atoms with Crippen molar-refractivity contribution >= 4 is 16.9 Å². The monoisotopic (exact) mass is 191 g/mol. The molecule has 0 spiro atoms. The molecule has 0 saturated carbocycles. The summed E-state index contributed by atoms with van der Waals surface area (Å²) in [6.45, 7) is 0. The van der Waals surface area contributed by atoms with Crippen LogP contribution in [0.15, 0.2) is 34.9 Å². The van der Waals surface area contributed by atoms with Gasteiger partial charge in [0.15, 0.2) is 0 Å². The molecule has 0 aliphatic rings. The summed E-state index contributed by atoms with van der Waals surface area (Å²) < 4.78 is 5.14. The molecule has 0 fully saturated rings. The van der Waals surface area contributed by atoms with E-state index in [9.17, 15) is 4.79 Å². The van der Waals surface area contributed by atoms with Crippen LogP contribution in [0.4, 0.5) is 0 Å². The first-order valence-electron chi connectivity index (χ1n) is 4.14. The molecule has 1 aromatic carbocycles. The third-order valence-corrected chi connectivity index (χ3v) is 2.11. The highest BCUT2D eigenvalue weighted by atomic mass is 16.4. The molecular formula is C10H9NO3. The first kappa shape index (κ1) is 8.77. The highest BCUT2D eigenvalue weighted by Crippen LogP contribution is 2.20. The molecule has 3 N–H and O–H groups in total. The van der Waals surface area contributed by atoms with Gasteiger partial charge in [-0.2, -0.15) is 0 Å². The molecule has 4 heteroatoms. The number of aliphatic carboxylic acids is 1. The number of benzene rings is 1. The first-order valence-corrected chi connectivity index (χ1v) is 4.14. The second kappa shape index (κ2) is 3.16. The number of nitrogens with two attached hydrogens (primary N) is 1. The van der Waals surface area contributed by atoms with Gasteiger partial charge >= 0.3 is 5.97 Å². The van der Waals surface area contributed by atoms with Gasteiger partial charge in [0, 0.05) is 5.39 Å². The second-order valence-electron chi connectivity index (χ2n) is 3.03. The van der Waals surface area contributed by atoms with Gasteiger partial charge in [0.25, 0.3) is 0 Å². The summed E-state index contributed by atoms with van der Waals surface area (Å²) in [6, 6.07) is 5.94. The van der Waals surface area contributed by atoms with Crippen molar-refractivity contribution in [3.63, 3.8) is 0 Å². The number of carboxylic acid groups (broad SMARTS) is 1. The number of rotatable bonds is 2. The van der Waals surface area contributed by atoms with Gasteiger partial charge in [0.05, 0.1) is 6.26 Å². The Kier molecular flexibility index (Phi) is 1.98. The molecule has 0 amide bonds. The second-order valence-corrected chi connectivity index (χ2v) is 3.03. The van der Waals surface area contributed by atoms with Gasteiger partial charge in [-0.3, -0.25) is 4.79 Å². The van der Waals surface area contributed by atoms with E-state index in [1.807, 2.05) is 6.07 Å². The minimum absolute atomic E-state index is 0.542. The number of hydrogen-bond donors (Lipinski definition) is 2. The highest BCUT2D eigenvalue weighted by Gasteiger charge is 2.14. The lowest BCUT2D eigenvalue weighted by Gasteiger charge is -2.05. The molecule has 0 aliphatic heterocycles. The molecule has 1 heterocycles. The Morgan fingerprint density at radius 2 is 2.21 bits per heavy atom. The van der Waals surface area contributed by atoms with Crippen molar-refractivity contribution < 1.29 is 14.3 Å². The molecular weight excluding hydrogens is 182 g/mol. The fraction of sp³-hybridized carbons (Fsp3) is 0.100. The van der Waals surface area contributed by atoms with E-state index in [2.05, 4.69) is 0 Å². The average Bonchev–Trinajstić information content (AvgIpc) is 2.62. The van der Waals surface area contributed by atoms with Gasteiger partial charge < -0.3 is 15.3 Å². The zero-order valence-electron chi connectivity index (χ0n) is 7.31. The lowest BCUT2D eigenvalue weighted by atomic mass is 10.1. The molecule has 1 unspecified atom stereocenters. The average molecular weight is 191 g/mol. The summed E-state index contributed by atoms with van der Waals surface area (Å²) in [7, 11) is 0. The summed E-state index contributed by atoms with van der Waals surface area (Å²) in [4.78, 5) is 10.6. The van der Waals surface area contributed by atoms with Crippen LogP contribution in [0.3, 0.4) is 0 Å². The maximum Gasteiger partial charge on any atom is 0.325 e. The van der Waals surface area contributed by atoms with Gasteiger partial charge in [-0.05, 0) is 17.7 Å². The van der Waals surface area contributed by atoms with Crippen LogP contribution >= 0.6 is 0 Å². The van der Waals surface area contributed by atoms with Crippen LogP contribution in [0.25, 0.3) is 11.0 Å². The molecule has 72 valence electrons. The molecule has 1 aromatic heterocycles. The van der Waals surface area contributed by atoms with E-state index in [4.69, 9.17) is 15.3 Å². The topological polar surface area (TPSA) is 76.5 Å². The summed E-state index contributed by atoms with van der Waals surface area (Å²) >= 11 is 0. The largest absolute Gasteiger partial charge is 0.480 e. The van der Waals surface area contributed by atoms with Gasteiger partial charge in [0.1, 0.15) is 11.6 Å². The van der Waals surface area contributed by atoms with Gasteiger partial charge in [-0.15, -0.1) is 0 Å². The number of fused-ring (bicyclic) bond motifs is 1. The van der Waals surface area contributed by atoms with Crippen LogP contribution in [0.2, 0.25) is 0 Å². The van der Waals surface area contributed by atoms with E-state index in [1.165, 1.54) is 0 Å². The van der Waals surface area contributed by atoms with Gasteiger partial charge in [0.2, 0.25) is 0 Å². The van der Waals surface area contributed by atoms with Crippen LogP contribution in [0.5, 0.6) is 0 Å². The van der Waals surface area contributed by atoms with Crippen LogP contribution < -0.4 is 5.73 Å². The Labute approximate surface area is 79.9 Å². The third-order valence-electron chi connectivity index (χ3n) is 2.11. The van der Waals surface area contributed by atoms with Crippen molar-refractivity contribution in [2.45, 2.75) is 6.04 Å².